The van der Waals surface area contributed by atoms with E-state index in [9.17, 15) is 4.79 Å². The van der Waals surface area contributed by atoms with E-state index >= 15 is 0 Å². The molecule has 1 aromatic carbocycles. The van der Waals surface area contributed by atoms with E-state index in [1.54, 1.807) is 11.8 Å². The van der Waals surface area contributed by atoms with Crippen LogP contribution in [0.25, 0.3) is 0 Å². The van der Waals surface area contributed by atoms with Crippen LogP contribution < -0.4 is 5.32 Å². The molecule has 0 saturated carbocycles. The molecule has 3 heterocycles. The fourth-order valence-electron chi connectivity index (χ4n) is 4.56. The van der Waals surface area contributed by atoms with E-state index in [2.05, 4.69) is 32.2 Å². The Bertz CT molecular complexity index is 868. The molecule has 2 aliphatic rings. The molecule has 4 rings (SSSR count). The summed E-state index contributed by atoms with van der Waals surface area (Å²) in [5.41, 5.74) is 2.04. The maximum Gasteiger partial charge on any atom is 0.241 e. The Morgan fingerprint density at radius 2 is 1.97 bits per heavy atom. The van der Waals surface area contributed by atoms with Crippen LogP contribution in [0.4, 0.5) is 5.69 Å². The highest BCUT2D eigenvalue weighted by Crippen LogP contribution is 2.24. The van der Waals surface area contributed by atoms with Crippen LogP contribution in [0.15, 0.2) is 53.7 Å². The number of pyridine rings is 1. The molecule has 1 aromatic heterocycles. The van der Waals surface area contributed by atoms with Crippen molar-refractivity contribution >= 4 is 23.4 Å². The van der Waals surface area contributed by atoms with Gasteiger partial charge in [0.15, 0.2) is 0 Å². The van der Waals surface area contributed by atoms with Crippen LogP contribution >= 0.6 is 11.8 Å². The number of rotatable bonds is 9. The van der Waals surface area contributed by atoms with Crippen molar-refractivity contribution in [3.8, 4) is 0 Å². The molecule has 0 spiro atoms. The van der Waals surface area contributed by atoms with Gasteiger partial charge in [-0.2, -0.15) is 0 Å². The van der Waals surface area contributed by atoms with E-state index < -0.39 is 0 Å². The number of ether oxygens (including phenoxy) is 1. The molecule has 1 atom stereocenters. The van der Waals surface area contributed by atoms with Gasteiger partial charge in [0.1, 0.15) is 0 Å². The Balaban J connectivity index is 1.20. The van der Waals surface area contributed by atoms with Gasteiger partial charge in [-0.3, -0.25) is 14.6 Å². The average Bonchev–Trinajstić information content (AvgIpc) is 2.87. The van der Waals surface area contributed by atoms with Crippen LogP contribution in [0, 0.1) is 5.92 Å². The predicted molar refractivity (Wildman–Crippen MR) is 135 cm³/mol. The maximum absolute atomic E-state index is 12.9. The first-order chi connectivity index (χ1) is 16.2. The number of hydrogen-bond acceptors (Lipinski definition) is 6. The van der Waals surface area contributed by atoms with E-state index in [1.807, 2.05) is 43.5 Å². The smallest absolute Gasteiger partial charge is 0.241 e. The molecule has 0 aliphatic carbocycles. The summed E-state index contributed by atoms with van der Waals surface area (Å²) < 4.78 is 5.44. The number of carbonyl (C=O) groups excluding carboxylic acids is 1. The Hall–Kier alpha value is -1.93. The summed E-state index contributed by atoms with van der Waals surface area (Å²) in [7, 11) is 0. The van der Waals surface area contributed by atoms with E-state index in [4.69, 9.17) is 4.74 Å². The molecule has 6 nitrogen and oxygen atoms in total. The van der Waals surface area contributed by atoms with E-state index in [0.717, 1.165) is 61.8 Å². The summed E-state index contributed by atoms with van der Waals surface area (Å²) in [6.45, 7) is 9.10. The fourth-order valence-corrected chi connectivity index (χ4v) is 5.36. The highest BCUT2D eigenvalue weighted by atomic mass is 32.2. The van der Waals surface area contributed by atoms with Gasteiger partial charge in [0.25, 0.3) is 0 Å². The number of carbonyl (C=O) groups is 1. The molecule has 0 radical (unpaired) electrons. The molecule has 178 valence electrons. The number of morpholine rings is 1. The Labute approximate surface area is 202 Å². The minimum atomic E-state index is -0.114. The van der Waals surface area contributed by atoms with Gasteiger partial charge in [-0.15, -0.1) is 11.8 Å². The van der Waals surface area contributed by atoms with Crippen molar-refractivity contribution < 1.29 is 9.53 Å². The number of amides is 1. The number of benzene rings is 1. The van der Waals surface area contributed by atoms with Crippen LogP contribution in [0.3, 0.4) is 0 Å². The van der Waals surface area contributed by atoms with Crippen LogP contribution in [-0.4, -0.2) is 72.7 Å². The van der Waals surface area contributed by atoms with Crippen molar-refractivity contribution in [2.24, 2.45) is 5.92 Å². The standard InChI is InChI=1S/C26H36N4O2S/c1-21(30-13-9-22(10-14-30)8-12-29-15-17-32-18-16-29)26(31)28-24-6-4-5-23(19-24)20-33-25-7-2-3-11-27-25/h2-7,11,19,21-22H,8-10,12-18,20H2,1H3,(H,28,31)/t21-/m0/s1. The van der Waals surface area contributed by atoms with Gasteiger partial charge >= 0.3 is 0 Å². The van der Waals surface area contributed by atoms with Gasteiger partial charge in [0.05, 0.1) is 24.3 Å². The number of nitrogens with zero attached hydrogens (tertiary/aromatic N) is 3. The van der Waals surface area contributed by atoms with Crippen LogP contribution in [0.5, 0.6) is 0 Å². The van der Waals surface area contributed by atoms with Gasteiger partial charge in [-0.05, 0) is 81.6 Å². The monoisotopic (exact) mass is 468 g/mol. The number of nitrogens with one attached hydrogen (secondary N) is 1. The molecule has 2 aliphatic heterocycles. The Kier molecular flexibility index (Phi) is 9.17. The zero-order valence-corrected chi connectivity index (χ0v) is 20.4. The SMILES string of the molecule is C[C@@H](C(=O)Nc1cccc(CSc2ccccn2)c1)N1CCC(CCN2CCOCC2)CC1. The lowest BCUT2D eigenvalue weighted by Gasteiger charge is -2.36. The second-order valence-corrected chi connectivity index (χ2v) is 10.0. The molecular weight excluding hydrogens is 432 g/mol. The van der Waals surface area contributed by atoms with Crippen molar-refractivity contribution in [2.75, 3.05) is 51.3 Å². The number of piperidine rings is 1. The van der Waals surface area contributed by atoms with Crippen molar-refractivity contribution in [1.29, 1.82) is 0 Å². The maximum atomic E-state index is 12.9. The number of hydrogen-bond donors (Lipinski definition) is 1. The number of thioether (sulfide) groups is 1. The van der Waals surface area contributed by atoms with Crippen molar-refractivity contribution in [3.63, 3.8) is 0 Å². The van der Waals surface area contributed by atoms with Gasteiger partial charge in [0.2, 0.25) is 5.91 Å². The third kappa shape index (κ3) is 7.54. The molecular formula is C26H36N4O2S. The van der Waals surface area contributed by atoms with E-state index in [-0.39, 0.29) is 11.9 Å². The summed E-state index contributed by atoms with van der Waals surface area (Å²) >= 11 is 1.70. The highest BCUT2D eigenvalue weighted by Gasteiger charge is 2.27. The molecule has 0 bridgehead atoms. The average molecular weight is 469 g/mol. The third-order valence-electron chi connectivity index (χ3n) is 6.75. The summed E-state index contributed by atoms with van der Waals surface area (Å²) in [5.74, 6) is 1.68. The first-order valence-electron chi connectivity index (χ1n) is 12.1. The zero-order chi connectivity index (χ0) is 22.9. The molecule has 2 aromatic rings. The lowest BCUT2D eigenvalue weighted by molar-refractivity contribution is -0.121. The van der Waals surface area contributed by atoms with Crippen LogP contribution in [-0.2, 0) is 15.3 Å². The quantitative estimate of drug-likeness (QED) is 0.559. The second-order valence-electron chi connectivity index (χ2n) is 9.04. The summed E-state index contributed by atoms with van der Waals surface area (Å²) in [4.78, 5) is 22.1. The molecule has 2 saturated heterocycles. The Morgan fingerprint density at radius 1 is 1.15 bits per heavy atom. The molecule has 7 heteroatoms. The lowest BCUT2D eigenvalue weighted by Crippen LogP contribution is -2.46. The van der Waals surface area contributed by atoms with Gasteiger partial charge < -0.3 is 10.1 Å². The number of likely N-dealkylation sites (tertiary alicyclic amines) is 1. The first kappa shape index (κ1) is 24.2. The van der Waals surface area contributed by atoms with Crippen molar-refractivity contribution in [3.05, 3.63) is 54.2 Å². The van der Waals surface area contributed by atoms with Crippen LogP contribution in [0.1, 0.15) is 31.7 Å². The largest absolute Gasteiger partial charge is 0.379 e. The van der Waals surface area contributed by atoms with Crippen molar-refractivity contribution in [2.45, 2.75) is 43.0 Å². The van der Waals surface area contributed by atoms with E-state index in [1.165, 1.54) is 31.4 Å². The van der Waals surface area contributed by atoms with Gasteiger partial charge in [-0.25, -0.2) is 4.98 Å². The highest BCUT2D eigenvalue weighted by molar-refractivity contribution is 7.98. The molecule has 2 fully saturated rings. The first-order valence-corrected chi connectivity index (χ1v) is 13.1. The summed E-state index contributed by atoms with van der Waals surface area (Å²) in [5, 5.41) is 4.14. The number of aromatic nitrogens is 1. The minimum Gasteiger partial charge on any atom is -0.379 e. The van der Waals surface area contributed by atoms with Gasteiger partial charge in [-0.1, -0.05) is 18.2 Å². The fraction of sp³-hybridized carbons (Fsp3) is 0.538. The van der Waals surface area contributed by atoms with Crippen LogP contribution in [0.2, 0.25) is 0 Å². The summed E-state index contributed by atoms with van der Waals surface area (Å²) in [6.07, 6.45) is 5.44. The normalized spacial score (nSPS) is 19.3. The topological polar surface area (TPSA) is 57.7 Å². The molecule has 1 amide bonds. The lowest BCUT2D eigenvalue weighted by atomic mass is 9.92. The molecule has 33 heavy (non-hydrogen) atoms. The molecule has 0 unspecified atom stereocenters. The van der Waals surface area contributed by atoms with E-state index in [0.29, 0.717) is 0 Å². The molecule has 1 N–H and O–H groups in total. The zero-order valence-electron chi connectivity index (χ0n) is 19.6. The third-order valence-corrected chi connectivity index (χ3v) is 7.77. The Morgan fingerprint density at radius 3 is 2.73 bits per heavy atom. The number of anilines is 1. The van der Waals surface area contributed by atoms with Gasteiger partial charge in [0, 0.05) is 30.7 Å². The second kappa shape index (κ2) is 12.5. The minimum absolute atomic E-state index is 0.0799. The predicted octanol–water partition coefficient (Wildman–Crippen LogP) is 4.14. The summed E-state index contributed by atoms with van der Waals surface area (Å²) in [6, 6.07) is 14.0. The van der Waals surface area contributed by atoms with Crippen molar-refractivity contribution in [1.82, 2.24) is 14.8 Å².